The number of fused-ring (bicyclic) bond motifs is 1. The number of nitrogens with two attached hydrogens (primary N) is 1. The number of hydrogen-bond acceptors (Lipinski definition) is 6. The minimum Gasteiger partial charge on any atom is -0.366 e. The van der Waals surface area contributed by atoms with Crippen LogP contribution in [0.1, 0.15) is 17.3 Å². The van der Waals surface area contributed by atoms with E-state index >= 15 is 0 Å². The molecule has 8 heteroatoms. The van der Waals surface area contributed by atoms with Crippen LogP contribution in [-0.2, 0) is 4.79 Å². The first-order chi connectivity index (χ1) is 11.5. The summed E-state index contributed by atoms with van der Waals surface area (Å²) >= 11 is 2.92. The number of rotatable bonds is 5. The van der Waals surface area contributed by atoms with E-state index < -0.39 is 5.91 Å². The van der Waals surface area contributed by atoms with Gasteiger partial charge < -0.3 is 11.1 Å². The van der Waals surface area contributed by atoms with E-state index in [2.05, 4.69) is 15.3 Å². The van der Waals surface area contributed by atoms with Crippen LogP contribution in [0.4, 0.5) is 5.69 Å². The van der Waals surface area contributed by atoms with Crippen molar-refractivity contribution in [3.05, 3.63) is 47.6 Å². The first-order valence-electron chi connectivity index (χ1n) is 7.10. The zero-order chi connectivity index (χ0) is 17.1. The average molecular weight is 358 g/mol. The van der Waals surface area contributed by atoms with E-state index in [0.717, 1.165) is 15.2 Å². The number of aromatic nitrogens is 2. The summed E-state index contributed by atoms with van der Waals surface area (Å²) < 4.78 is 0. The van der Waals surface area contributed by atoms with Crippen molar-refractivity contribution in [2.45, 2.75) is 17.2 Å². The zero-order valence-corrected chi connectivity index (χ0v) is 14.4. The molecule has 1 atom stereocenters. The number of carbonyl (C=O) groups excluding carboxylic acids is 2. The summed E-state index contributed by atoms with van der Waals surface area (Å²) in [6, 6.07) is 8.41. The molecule has 0 spiro atoms. The van der Waals surface area contributed by atoms with Gasteiger partial charge in [-0.2, -0.15) is 0 Å². The maximum atomic E-state index is 12.3. The van der Waals surface area contributed by atoms with Crippen LogP contribution < -0.4 is 11.1 Å². The number of benzene rings is 1. The molecule has 0 fully saturated rings. The topological polar surface area (TPSA) is 98.0 Å². The van der Waals surface area contributed by atoms with Crippen molar-refractivity contribution in [1.82, 2.24) is 9.97 Å². The van der Waals surface area contributed by atoms with E-state index in [0.29, 0.717) is 11.3 Å². The molecule has 0 saturated heterocycles. The van der Waals surface area contributed by atoms with Gasteiger partial charge in [0, 0.05) is 16.6 Å². The normalized spacial score (nSPS) is 12.0. The standard InChI is InChI=1S/C16H14N4O2S2/c1-9(24-16-12-6-7-23-15(12)18-8-19-16)14(22)20-11-4-2-10(3-5-11)13(17)21/h2-9H,1H3,(H2,17,21)(H,20,22)/t9-/m0/s1. The van der Waals surface area contributed by atoms with Crippen LogP contribution in [0, 0.1) is 0 Å². The molecule has 2 aromatic heterocycles. The number of thioether (sulfide) groups is 1. The smallest absolute Gasteiger partial charge is 0.248 e. The van der Waals surface area contributed by atoms with Crippen LogP contribution in [0.3, 0.4) is 0 Å². The molecule has 24 heavy (non-hydrogen) atoms. The largest absolute Gasteiger partial charge is 0.366 e. The Balaban J connectivity index is 1.68. The summed E-state index contributed by atoms with van der Waals surface area (Å²) in [5.41, 5.74) is 6.21. The second-order valence-corrected chi connectivity index (χ2v) is 7.23. The second-order valence-electron chi connectivity index (χ2n) is 5.01. The lowest BCUT2D eigenvalue weighted by Crippen LogP contribution is -2.22. The molecular weight excluding hydrogens is 344 g/mol. The highest BCUT2D eigenvalue weighted by molar-refractivity contribution is 8.00. The monoisotopic (exact) mass is 358 g/mol. The Labute approximate surface area is 146 Å². The highest BCUT2D eigenvalue weighted by Crippen LogP contribution is 2.30. The minimum absolute atomic E-state index is 0.145. The van der Waals surface area contributed by atoms with Crippen LogP contribution in [0.15, 0.2) is 47.1 Å². The lowest BCUT2D eigenvalue weighted by atomic mass is 10.2. The third-order valence-electron chi connectivity index (χ3n) is 3.32. The van der Waals surface area contributed by atoms with Gasteiger partial charge in [0.25, 0.3) is 0 Å². The molecule has 122 valence electrons. The van der Waals surface area contributed by atoms with Crippen molar-refractivity contribution < 1.29 is 9.59 Å². The van der Waals surface area contributed by atoms with Gasteiger partial charge in [0.15, 0.2) is 0 Å². The number of carbonyl (C=O) groups is 2. The fourth-order valence-electron chi connectivity index (χ4n) is 2.04. The van der Waals surface area contributed by atoms with Gasteiger partial charge in [-0.05, 0) is 42.6 Å². The fourth-order valence-corrected chi connectivity index (χ4v) is 3.74. The number of anilines is 1. The van der Waals surface area contributed by atoms with Crippen LogP contribution in [0.2, 0.25) is 0 Å². The molecule has 3 rings (SSSR count). The molecule has 1 aromatic carbocycles. The lowest BCUT2D eigenvalue weighted by Gasteiger charge is -2.12. The molecule has 0 radical (unpaired) electrons. The van der Waals surface area contributed by atoms with E-state index in [1.165, 1.54) is 18.1 Å². The third kappa shape index (κ3) is 3.55. The molecule has 0 unspecified atom stereocenters. The van der Waals surface area contributed by atoms with Crippen LogP contribution in [0.5, 0.6) is 0 Å². The first kappa shape index (κ1) is 16.4. The Morgan fingerprint density at radius 3 is 2.67 bits per heavy atom. The van der Waals surface area contributed by atoms with Crippen molar-refractivity contribution in [2.24, 2.45) is 5.73 Å². The highest BCUT2D eigenvalue weighted by atomic mass is 32.2. The molecule has 2 heterocycles. The number of hydrogen-bond donors (Lipinski definition) is 2. The van der Waals surface area contributed by atoms with Gasteiger partial charge >= 0.3 is 0 Å². The maximum Gasteiger partial charge on any atom is 0.248 e. The van der Waals surface area contributed by atoms with E-state index in [9.17, 15) is 9.59 Å². The third-order valence-corrected chi connectivity index (χ3v) is 5.26. The molecule has 0 aliphatic carbocycles. The summed E-state index contributed by atoms with van der Waals surface area (Å²) in [6.45, 7) is 1.82. The number of primary amides is 1. The van der Waals surface area contributed by atoms with Crippen LogP contribution in [0.25, 0.3) is 10.2 Å². The second kappa shape index (κ2) is 6.98. The SMILES string of the molecule is C[C@H](Sc1ncnc2sccc12)C(=O)Nc1ccc(C(N)=O)cc1. The van der Waals surface area contributed by atoms with Gasteiger partial charge in [-0.25, -0.2) is 9.97 Å². The Hall–Kier alpha value is -2.45. The molecule has 3 aromatic rings. The molecule has 3 N–H and O–H groups in total. The summed E-state index contributed by atoms with van der Waals surface area (Å²) in [6.07, 6.45) is 1.51. The summed E-state index contributed by atoms with van der Waals surface area (Å²) in [7, 11) is 0. The van der Waals surface area contributed by atoms with Crippen molar-refractivity contribution >= 4 is 50.8 Å². The molecule has 0 aliphatic rings. The first-order valence-corrected chi connectivity index (χ1v) is 8.86. The fraction of sp³-hybridized carbons (Fsp3) is 0.125. The van der Waals surface area contributed by atoms with Crippen molar-refractivity contribution in [1.29, 1.82) is 0 Å². The average Bonchev–Trinajstić information content (AvgIpc) is 3.05. The lowest BCUT2D eigenvalue weighted by molar-refractivity contribution is -0.115. The van der Waals surface area contributed by atoms with E-state index in [1.54, 1.807) is 35.6 Å². The summed E-state index contributed by atoms with van der Waals surface area (Å²) in [4.78, 5) is 32.8. The zero-order valence-electron chi connectivity index (χ0n) is 12.7. The number of thiophene rings is 1. The van der Waals surface area contributed by atoms with Gasteiger partial charge in [0.2, 0.25) is 11.8 Å². The number of nitrogens with zero attached hydrogens (tertiary/aromatic N) is 2. The Bertz CT molecular complexity index is 892. The Morgan fingerprint density at radius 1 is 1.21 bits per heavy atom. The Kier molecular flexibility index (Phi) is 4.77. The molecule has 0 saturated carbocycles. The molecule has 2 amide bonds. The Morgan fingerprint density at radius 2 is 1.96 bits per heavy atom. The minimum atomic E-state index is -0.500. The van der Waals surface area contributed by atoms with Gasteiger partial charge in [-0.1, -0.05) is 11.8 Å². The predicted octanol–water partition coefficient (Wildman–Crippen LogP) is 2.91. The molecule has 6 nitrogen and oxygen atoms in total. The van der Waals surface area contributed by atoms with Crippen LogP contribution >= 0.6 is 23.1 Å². The molecular formula is C16H14N4O2S2. The van der Waals surface area contributed by atoms with E-state index in [4.69, 9.17) is 5.73 Å². The molecule has 0 bridgehead atoms. The van der Waals surface area contributed by atoms with Crippen molar-refractivity contribution in [3.8, 4) is 0 Å². The maximum absolute atomic E-state index is 12.3. The van der Waals surface area contributed by atoms with Gasteiger partial charge in [-0.15, -0.1) is 11.3 Å². The summed E-state index contributed by atoms with van der Waals surface area (Å²) in [5.74, 6) is -0.644. The predicted molar refractivity (Wildman–Crippen MR) is 96.3 cm³/mol. The summed E-state index contributed by atoms with van der Waals surface area (Å²) in [5, 5.41) is 6.18. The van der Waals surface area contributed by atoms with E-state index in [1.807, 2.05) is 18.4 Å². The number of amides is 2. The number of nitrogens with one attached hydrogen (secondary N) is 1. The van der Waals surface area contributed by atoms with Crippen LogP contribution in [-0.4, -0.2) is 27.0 Å². The van der Waals surface area contributed by atoms with Gasteiger partial charge in [-0.3, -0.25) is 9.59 Å². The van der Waals surface area contributed by atoms with Crippen molar-refractivity contribution in [2.75, 3.05) is 5.32 Å². The van der Waals surface area contributed by atoms with Gasteiger partial charge in [0.1, 0.15) is 16.2 Å². The molecule has 0 aliphatic heterocycles. The van der Waals surface area contributed by atoms with Crippen molar-refractivity contribution in [3.63, 3.8) is 0 Å². The van der Waals surface area contributed by atoms with E-state index in [-0.39, 0.29) is 11.2 Å². The highest BCUT2D eigenvalue weighted by Gasteiger charge is 2.17. The quantitative estimate of drug-likeness (QED) is 0.540. The van der Waals surface area contributed by atoms with Gasteiger partial charge in [0.05, 0.1) is 5.25 Å².